The molecule has 4 rings (SSSR count). The third-order valence-corrected chi connectivity index (χ3v) is 6.08. The van der Waals surface area contributed by atoms with Crippen molar-refractivity contribution in [2.24, 2.45) is 11.1 Å². The first kappa shape index (κ1) is 22.1. The van der Waals surface area contributed by atoms with Crippen molar-refractivity contribution in [2.75, 3.05) is 19.6 Å². The average Bonchev–Trinajstić information content (AvgIpc) is 3.35. The Hall–Kier alpha value is -2.63. The Morgan fingerprint density at radius 2 is 1.87 bits per heavy atom. The number of hydrogen-bond donors (Lipinski definition) is 1. The van der Waals surface area contributed by atoms with Crippen LogP contribution < -0.4 is 5.73 Å². The molecule has 2 heterocycles. The van der Waals surface area contributed by atoms with Crippen LogP contribution in [0.3, 0.4) is 0 Å². The second kappa shape index (κ2) is 8.62. The maximum Gasteiger partial charge on any atom is 0.257 e. The quantitative estimate of drug-likeness (QED) is 0.675. The topological polar surface area (TPSA) is 64.2 Å². The zero-order chi connectivity index (χ0) is 20.6. The molecule has 2 N–H and O–H groups in total. The molecule has 0 radical (unpaired) electrons. The number of aromatic nitrogens is 2. The minimum atomic E-state index is -0.00824. The summed E-state index contributed by atoms with van der Waals surface area (Å²) in [5, 5.41) is 4.81. The Bertz CT molecular complexity index is 1050. The summed E-state index contributed by atoms with van der Waals surface area (Å²) in [6, 6.07) is 16.1. The Morgan fingerprint density at radius 1 is 1.13 bits per heavy atom. The van der Waals surface area contributed by atoms with Gasteiger partial charge in [-0.2, -0.15) is 5.10 Å². The number of amides is 1. The van der Waals surface area contributed by atoms with Gasteiger partial charge < -0.3 is 10.6 Å². The van der Waals surface area contributed by atoms with Gasteiger partial charge in [0.05, 0.1) is 11.3 Å². The highest BCUT2D eigenvalue weighted by molar-refractivity contribution is 6.00. The predicted molar refractivity (Wildman–Crippen MR) is 123 cm³/mol. The molecular weight excluding hydrogens is 396 g/mol. The third-order valence-electron chi connectivity index (χ3n) is 6.08. The average molecular weight is 425 g/mol. The third kappa shape index (κ3) is 4.13. The van der Waals surface area contributed by atoms with E-state index in [0.29, 0.717) is 18.7 Å². The van der Waals surface area contributed by atoms with Crippen molar-refractivity contribution in [1.29, 1.82) is 0 Å². The fraction of sp³-hybridized carbons (Fsp3) is 0.333. The number of aryl methyl sites for hydroxylation is 2. The Labute approximate surface area is 184 Å². The van der Waals surface area contributed by atoms with Crippen LogP contribution in [0.5, 0.6) is 0 Å². The molecular formula is C24H29ClN4O. The smallest absolute Gasteiger partial charge is 0.257 e. The second-order valence-corrected chi connectivity index (χ2v) is 8.46. The van der Waals surface area contributed by atoms with Crippen LogP contribution in [0.15, 0.2) is 54.7 Å². The molecule has 1 aliphatic rings. The summed E-state index contributed by atoms with van der Waals surface area (Å²) in [6.45, 7) is 8.33. The van der Waals surface area contributed by atoms with E-state index >= 15 is 0 Å². The van der Waals surface area contributed by atoms with Crippen LogP contribution in [-0.4, -0.2) is 40.2 Å². The molecule has 1 saturated heterocycles. The minimum absolute atomic E-state index is 0. The highest BCUT2D eigenvalue weighted by Crippen LogP contribution is 2.32. The van der Waals surface area contributed by atoms with Gasteiger partial charge in [-0.3, -0.25) is 4.79 Å². The van der Waals surface area contributed by atoms with E-state index in [4.69, 9.17) is 10.8 Å². The SMILES string of the molecule is Cc1ccc(-c2nn(-c3ccccc3)cc2C(=O)N2CCC(C)(CN)C2)cc1C.Cl. The molecule has 2 aromatic carbocycles. The molecule has 1 amide bonds. The highest BCUT2D eigenvalue weighted by Gasteiger charge is 2.36. The van der Waals surface area contributed by atoms with Gasteiger partial charge in [-0.25, -0.2) is 4.68 Å². The Balaban J connectivity index is 0.00000256. The first-order valence-corrected chi connectivity index (χ1v) is 10.1. The van der Waals surface area contributed by atoms with Gasteiger partial charge in [-0.1, -0.05) is 37.3 Å². The van der Waals surface area contributed by atoms with Gasteiger partial charge in [-0.15, -0.1) is 12.4 Å². The van der Waals surface area contributed by atoms with Crippen LogP contribution in [0.4, 0.5) is 0 Å². The fourth-order valence-electron chi connectivity index (χ4n) is 3.88. The number of likely N-dealkylation sites (tertiary alicyclic amines) is 1. The van der Waals surface area contributed by atoms with E-state index in [1.54, 1.807) is 4.68 Å². The van der Waals surface area contributed by atoms with Gasteiger partial charge in [0.15, 0.2) is 0 Å². The van der Waals surface area contributed by atoms with Crippen LogP contribution in [0.25, 0.3) is 16.9 Å². The molecule has 0 aliphatic carbocycles. The summed E-state index contributed by atoms with van der Waals surface area (Å²) in [5.74, 6) is 0.0255. The van der Waals surface area contributed by atoms with E-state index < -0.39 is 0 Å². The minimum Gasteiger partial charge on any atom is -0.338 e. The number of nitrogens with zero attached hydrogens (tertiary/aromatic N) is 3. The van der Waals surface area contributed by atoms with E-state index in [0.717, 1.165) is 29.9 Å². The van der Waals surface area contributed by atoms with E-state index in [9.17, 15) is 4.79 Å². The maximum absolute atomic E-state index is 13.5. The number of hydrogen-bond acceptors (Lipinski definition) is 3. The molecule has 1 atom stereocenters. The first-order chi connectivity index (χ1) is 13.9. The zero-order valence-electron chi connectivity index (χ0n) is 17.8. The zero-order valence-corrected chi connectivity index (χ0v) is 18.6. The number of para-hydroxylation sites is 1. The molecule has 3 aromatic rings. The van der Waals surface area contributed by atoms with E-state index in [1.165, 1.54) is 11.1 Å². The first-order valence-electron chi connectivity index (χ1n) is 10.1. The summed E-state index contributed by atoms with van der Waals surface area (Å²) in [7, 11) is 0. The number of rotatable bonds is 4. The molecule has 0 spiro atoms. The molecule has 0 bridgehead atoms. The van der Waals surface area contributed by atoms with Gasteiger partial charge in [0.1, 0.15) is 5.69 Å². The van der Waals surface area contributed by atoms with Crippen molar-refractivity contribution in [3.05, 3.63) is 71.4 Å². The molecule has 1 unspecified atom stereocenters. The van der Waals surface area contributed by atoms with Crippen LogP contribution in [-0.2, 0) is 0 Å². The summed E-state index contributed by atoms with van der Waals surface area (Å²) >= 11 is 0. The van der Waals surface area contributed by atoms with E-state index in [1.807, 2.05) is 47.5 Å². The number of halogens is 1. The largest absolute Gasteiger partial charge is 0.338 e. The Kier molecular flexibility index (Phi) is 6.34. The van der Waals surface area contributed by atoms with Crippen molar-refractivity contribution in [3.8, 4) is 16.9 Å². The normalized spacial score (nSPS) is 18.3. The van der Waals surface area contributed by atoms with E-state index in [2.05, 4.69) is 32.9 Å². The second-order valence-electron chi connectivity index (χ2n) is 8.46. The van der Waals surface area contributed by atoms with Crippen LogP contribution >= 0.6 is 12.4 Å². The van der Waals surface area contributed by atoms with Crippen LogP contribution in [0.1, 0.15) is 34.8 Å². The number of carbonyl (C=O) groups excluding carboxylic acids is 1. The van der Waals surface area contributed by atoms with Crippen LogP contribution in [0.2, 0.25) is 0 Å². The monoisotopic (exact) mass is 424 g/mol. The lowest BCUT2D eigenvalue weighted by Gasteiger charge is -2.22. The van der Waals surface area contributed by atoms with Gasteiger partial charge in [-0.05, 0) is 61.6 Å². The molecule has 0 saturated carbocycles. The molecule has 1 aliphatic heterocycles. The number of carbonyl (C=O) groups is 1. The Morgan fingerprint density at radius 3 is 2.50 bits per heavy atom. The van der Waals surface area contributed by atoms with Gasteiger partial charge in [0.2, 0.25) is 0 Å². The molecule has 30 heavy (non-hydrogen) atoms. The van der Waals surface area contributed by atoms with Crippen molar-refractivity contribution >= 4 is 18.3 Å². The van der Waals surface area contributed by atoms with Crippen molar-refractivity contribution in [2.45, 2.75) is 27.2 Å². The molecule has 1 aromatic heterocycles. The summed E-state index contributed by atoms with van der Waals surface area (Å²) in [6.07, 6.45) is 2.79. The standard InChI is InChI=1S/C24H28N4O.ClH/c1-17-9-10-19(13-18(17)2)22-21(14-28(26-22)20-7-5-4-6-8-20)23(29)27-12-11-24(3,15-25)16-27;/h4-10,13-14H,11-12,15-16,25H2,1-3H3;1H. The highest BCUT2D eigenvalue weighted by atomic mass is 35.5. The number of nitrogens with two attached hydrogens (primary N) is 1. The predicted octanol–water partition coefficient (Wildman–Crippen LogP) is 4.39. The summed E-state index contributed by atoms with van der Waals surface area (Å²) < 4.78 is 1.80. The molecule has 1 fully saturated rings. The van der Waals surface area contributed by atoms with E-state index in [-0.39, 0.29) is 23.7 Å². The summed E-state index contributed by atoms with van der Waals surface area (Å²) in [5.41, 5.74) is 11.6. The van der Waals surface area contributed by atoms with Gasteiger partial charge in [0, 0.05) is 24.8 Å². The fourth-order valence-corrected chi connectivity index (χ4v) is 3.88. The van der Waals surface area contributed by atoms with Crippen molar-refractivity contribution in [3.63, 3.8) is 0 Å². The maximum atomic E-state index is 13.5. The summed E-state index contributed by atoms with van der Waals surface area (Å²) in [4.78, 5) is 15.4. The lowest BCUT2D eigenvalue weighted by atomic mass is 9.90. The van der Waals surface area contributed by atoms with Crippen LogP contribution in [0, 0.1) is 19.3 Å². The van der Waals surface area contributed by atoms with Gasteiger partial charge >= 0.3 is 0 Å². The van der Waals surface area contributed by atoms with Crippen molar-refractivity contribution < 1.29 is 4.79 Å². The lowest BCUT2D eigenvalue weighted by molar-refractivity contribution is 0.0777. The molecule has 5 nitrogen and oxygen atoms in total. The lowest BCUT2D eigenvalue weighted by Crippen LogP contribution is -2.34. The van der Waals surface area contributed by atoms with Gasteiger partial charge in [0.25, 0.3) is 5.91 Å². The molecule has 158 valence electrons. The number of benzene rings is 2. The molecule has 6 heteroatoms. The van der Waals surface area contributed by atoms with Crippen molar-refractivity contribution in [1.82, 2.24) is 14.7 Å².